The zero-order valence-electron chi connectivity index (χ0n) is 9.52. The standard InChI is InChI=1S/C12H11NO3S/c1-9(14)17-7-3-4-11-8-10(5-6-13-11)12(15)16-2/h5-6,8H,7H2,1-2H3. The van der Waals surface area contributed by atoms with Gasteiger partial charge in [-0.25, -0.2) is 9.78 Å². The van der Waals surface area contributed by atoms with Crippen molar-refractivity contribution >= 4 is 22.8 Å². The van der Waals surface area contributed by atoms with Crippen LogP contribution < -0.4 is 0 Å². The van der Waals surface area contributed by atoms with E-state index < -0.39 is 5.97 Å². The molecule has 0 aliphatic carbocycles. The SMILES string of the molecule is COC(=O)c1ccnc(C#CCSC(C)=O)c1. The number of carbonyl (C=O) groups is 2. The summed E-state index contributed by atoms with van der Waals surface area (Å²) in [6, 6.07) is 3.11. The molecule has 0 atom stereocenters. The average Bonchev–Trinajstić information content (AvgIpc) is 2.34. The number of carbonyl (C=O) groups excluding carboxylic acids is 2. The summed E-state index contributed by atoms with van der Waals surface area (Å²) in [4.78, 5) is 25.9. The van der Waals surface area contributed by atoms with E-state index in [4.69, 9.17) is 0 Å². The van der Waals surface area contributed by atoms with E-state index in [1.54, 1.807) is 12.1 Å². The van der Waals surface area contributed by atoms with Crippen LogP contribution in [0.1, 0.15) is 23.0 Å². The normalized spacial score (nSPS) is 9.06. The van der Waals surface area contributed by atoms with Gasteiger partial charge in [0.1, 0.15) is 5.69 Å². The molecule has 5 heteroatoms. The molecule has 1 heterocycles. The Labute approximate surface area is 104 Å². The molecule has 0 saturated carbocycles. The smallest absolute Gasteiger partial charge is 0.338 e. The molecule has 0 bridgehead atoms. The Morgan fingerprint density at radius 2 is 2.29 bits per heavy atom. The molecule has 1 aromatic heterocycles. The Morgan fingerprint density at radius 1 is 1.53 bits per heavy atom. The van der Waals surface area contributed by atoms with Gasteiger partial charge in [0, 0.05) is 13.1 Å². The van der Waals surface area contributed by atoms with Crippen molar-refractivity contribution < 1.29 is 14.3 Å². The summed E-state index contributed by atoms with van der Waals surface area (Å²) in [5.41, 5.74) is 0.892. The molecule has 17 heavy (non-hydrogen) atoms. The first-order valence-corrected chi connectivity index (χ1v) is 5.78. The number of aromatic nitrogens is 1. The zero-order chi connectivity index (χ0) is 12.7. The lowest BCUT2D eigenvalue weighted by molar-refractivity contribution is -0.109. The molecular weight excluding hydrogens is 238 g/mol. The average molecular weight is 249 g/mol. The molecule has 0 unspecified atom stereocenters. The molecule has 0 radical (unpaired) electrons. The number of pyridine rings is 1. The van der Waals surface area contributed by atoms with Crippen LogP contribution in [0, 0.1) is 11.8 Å². The van der Waals surface area contributed by atoms with E-state index in [0.29, 0.717) is 17.0 Å². The van der Waals surface area contributed by atoms with Crippen molar-refractivity contribution in [1.82, 2.24) is 4.98 Å². The third kappa shape index (κ3) is 4.70. The number of thioether (sulfide) groups is 1. The zero-order valence-corrected chi connectivity index (χ0v) is 10.3. The molecule has 0 saturated heterocycles. The van der Waals surface area contributed by atoms with Gasteiger partial charge in [-0.3, -0.25) is 4.79 Å². The van der Waals surface area contributed by atoms with Gasteiger partial charge in [-0.05, 0) is 18.1 Å². The first-order valence-electron chi connectivity index (χ1n) is 4.80. The minimum absolute atomic E-state index is 0.0237. The van der Waals surface area contributed by atoms with Gasteiger partial charge >= 0.3 is 5.97 Å². The van der Waals surface area contributed by atoms with E-state index in [1.807, 2.05) is 0 Å². The lowest BCUT2D eigenvalue weighted by Crippen LogP contribution is -2.01. The van der Waals surface area contributed by atoms with Gasteiger partial charge in [-0.1, -0.05) is 17.7 Å². The van der Waals surface area contributed by atoms with Crippen LogP contribution in [-0.4, -0.2) is 28.9 Å². The fourth-order valence-electron chi connectivity index (χ4n) is 1.01. The van der Waals surface area contributed by atoms with Crippen molar-refractivity contribution in [2.24, 2.45) is 0 Å². The highest BCUT2D eigenvalue weighted by molar-refractivity contribution is 8.13. The summed E-state index contributed by atoms with van der Waals surface area (Å²) in [7, 11) is 1.32. The molecule has 88 valence electrons. The van der Waals surface area contributed by atoms with Crippen molar-refractivity contribution in [2.75, 3.05) is 12.9 Å². The van der Waals surface area contributed by atoms with Crippen LogP contribution in [-0.2, 0) is 9.53 Å². The van der Waals surface area contributed by atoms with E-state index in [0.717, 1.165) is 11.8 Å². The van der Waals surface area contributed by atoms with E-state index in [2.05, 4.69) is 21.6 Å². The van der Waals surface area contributed by atoms with Gasteiger partial charge in [0.25, 0.3) is 0 Å². The number of esters is 1. The lowest BCUT2D eigenvalue weighted by atomic mass is 10.2. The summed E-state index contributed by atoms with van der Waals surface area (Å²) in [6.45, 7) is 1.49. The first kappa shape index (κ1) is 13.3. The first-order chi connectivity index (χ1) is 8.13. The van der Waals surface area contributed by atoms with Crippen molar-refractivity contribution in [2.45, 2.75) is 6.92 Å². The van der Waals surface area contributed by atoms with Crippen LogP contribution in [0.25, 0.3) is 0 Å². The van der Waals surface area contributed by atoms with Crippen molar-refractivity contribution in [3.05, 3.63) is 29.6 Å². The summed E-state index contributed by atoms with van der Waals surface area (Å²) >= 11 is 1.13. The molecule has 0 amide bonds. The van der Waals surface area contributed by atoms with Gasteiger partial charge in [-0.2, -0.15) is 0 Å². The number of hydrogen-bond acceptors (Lipinski definition) is 5. The summed E-state index contributed by atoms with van der Waals surface area (Å²) < 4.78 is 4.58. The van der Waals surface area contributed by atoms with Gasteiger partial charge < -0.3 is 4.74 Å². The van der Waals surface area contributed by atoms with Crippen molar-refractivity contribution in [1.29, 1.82) is 0 Å². The lowest BCUT2D eigenvalue weighted by Gasteiger charge is -1.98. The minimum Gasteiger partial charge on any atom is -0.465 e. The summed E-state index contributed by atoms with van der Waals surface area (Å²) in [6.07, 6.45) is 1.49. The molecule has 0 fully saturated rings. The third-order valence-corrected chi connectivity index (χ3v) is 2.44. The van der Waals surface area contributed by atoms with E-state index in [1.165, 1.54) is 20.2 Å². The summed E-state index contributed by atoms with van der Waals surface area (Å²) in [5, 5.41) is 0.0237. The molecule has 0 aliphatic rings. The highest BCUT2D eigenvalue weighted by Gasteiger charge is 2.04. The van der Waals surface area contributed by atoms with Crippen LogP contribution in [0.15, 0.2) is 18.3 Å². The minimum atomic E-state index is -0.423. The third-order valence-electron chi connectivity index (χ3n) is 1.75. The number of methoxy groups -OCH3 is 1. The number of hydrogen-bond donors (Lipinski definition) is 0. The quantitative estimate of drug-likeness (QED) is 0.587. The van der Waals surface area contributed by atoms with Gasteiger partial charge in [0.05, 0.1) is 18.4 Å². The maximum Gasteiger partial charge on any atom is 0.338 e. The Bertz CT molecular complexity index is 488. The van der Waals surface area contributed by atoms with Gasteiger partial charge in [0.2, 0.25) is 0 Å². The highest BCUT2D eigenvalue weighted by Crippen LogP contribution is 2.03. The molecule has 0 aliphatic heterocycles. The van der Waals surface area contributed by atoms with Crippen LogP contribution in [0.5, 0.6) is 0 Å². The molecule has 1 aromatic rings. The Hall–Kier alpha value is -1.80. The second-order valence-corrected chi connectivity index (χ2v) is 4.16. The van der Waals surface area contributed by atoms with Crippen LogP contribution in [0.4, 0.5) is 0 Å². The van der Waals surface area contributed by atoms with E-state index in [9.17, 15) is 9.59 Å². The second kappa shape index (κ2) is 6.71. The number of rotatable bonds is 2. The number of nitrogens with zero attached hydrogens (tertiary/aromatic N) is 1. The van der Waals surface area contributed by atoms with E-state index >= 15 is 0 Å². The Balaban J connectivity index is 2.71. The molecular formula is C12H11NO3S. The molecule has 0 spiro atoms. The van der Waals surface area contributed by atoms with Crippen LogP contribution in [0.3, 0.4) is 0 Å². The van der Waals surface area contributed by atoms with Gasteiger partial charge in [0.15, 0.2) is 5.12 Å². The highest BCUT2D eigenvalue weighted by atomic mass is 32.2. The monoisotopic (exact) mass is 249 g/mol. The maximum absolute atomic E-state index is 11.2. The molecule has 4 nitrogen and oxygen atoms in total. The Kier molecular flexibility index (Phi) is 5.24. The predicted octanol–water partition coefficient (Wildman–Crippen LogP) is 1.50. The van der Waals surface area contributed by atoms with Gasteiger partial charge in [-0.15, -0.1) is 0 Å². The topological polar surface area (TPSA) is 56.3 Å². The maximum atomic E-state index is 11.2. The van der Waals surface area contributed by atoms with E-state index in [-0.39, 0.29) is 5.12 Å². The molecule has 0 aromatic carbocycles. The Morgan fingerprint density at radius 3 is 2.94 bits per heavy atom. The fraction of sp³-hybridized carbons (Fsp3) is 0.250. The molecule has 0 N–H and O–H groups in total. The number of ether oxygens (including phenoxy) is 1. The fourth-order valence-corrected chi connectivity index (χ4v) is 1.36. The predicted molar refractivity (Wildman–Crippen MR) is 65.6 cm³/mol. The van der Waals surface area contributed by atoms with Crippen LogP contribution in [0.2, 0.25) is 0 Å². The van der Waals surface area contributed by atoms with Crippen molar-refractivity contribution in [3.8, 4) is 11.8 Å². The van der Waals surface area contributed by atoms with Crippen LogP contribution >= 0.6 is 11.8 Å². The van der Waals surface area contributed by atoms with Crippen molar-refractivity contribution in [3.63, 3.8) is 0 Å². The molecule has 1 rings (SSSR count). The summed E-state index contributed by atoms with van der Waals surface area (Å²) in [5.74, 6) is 5.57. The second-order valence-electron chi connectivity index (χ2n) is 3.00. The largest absolute Gasteiger partial charge is 0.465 e.